The maximum absolute atomic E-state index is 14.0. The third-order valence-electron chi connectivity index (χ3n) is 8.44. The Kier molecular flexibility index (Phi) is 8.08. The van der Waals surface area contributed by atoms with Crippen LogP contribution in [0.3, 0.4) is 0 Å². The molecule has 2 aliphatic rings. The second kappa shape index (κ2) is 10.9. The van der Waals surface area contributed by atoms with Crippen LogP contribution in [0.5, 0.6) is 0 Å². The smallest absolute Gasteiger partial charge is 0.202 e. The molecular formula is C40H46O2S2. The number of carbonyl (C=O) groups excluding carboxylic acids is 2. The summed E-state index contributed by atoms with van der Waals surface area (Å²) in [5.74, 6) is 0.000756. The lowest BCUT2D eigenvalue weighted by Crippen LogP contribution is -2.16. The highest BCUT2D eigenvalue weighted by atomic mass is 32.2. The fourth-order valence-corrected chi connectivity index (χ4v) is 7.74. The van der Waals surface area contributed by atoms with Gasteiger partial charge in [-0.15, -0.1) is 0 Å². The van der Waals surface area contributed by atoms with Gasteiger partial charge in [0.05, 0.1) is 15.4 Å². The zero-order valence-corrected chi connectivity index (χ0v) is 30.0. The average molecular weight is 623 g/mol. The van der Waals surface area contributed by atoms with Crippen LogP contribution < -0.4 is 0 Å². The van der Waals surface area contributed by atoms with E-state index in [0.717, 1.165) is 20.9 Å². The van der Waals surface area contributed by atoms with Crippen molar-refractivity contribution in [2.24, 2.45) is 0 Å². The predicted molar refractivity (Wildman–Crippen MR) is 190 cm³/mol. The summed E-state index contributed by atoms with van der Waals surface area (Å²) in [6, 6.07) is 17.2. The minimum absolute atomic E-state index is 0.00537. The summed E-state index contributed by atoms with van der Waals surface area (Å²) in [7, 11) is 0. The van der Waals surface area contributed by atoms with Crippen molar-refractivity contribution < 1.29 is 9.59 Å². The van der Waals surface area contributed by atoms with E-state index in [0.29, 0.717) is 20.9 Å². The van der Waals surface area contributed by atoms with Crippen LogP contribution in [0.2, 0.25) is 0 Å². The summed E-state index contributed by atoms with van der Waals surface area (Å²) >= 11 is 2.96. The van der Waals surface area contributed by atoms with Gasteiger partial charge in [-0.2, -0.15) is 0 Å². The number of ketones is 2. The van der Waals surface area contributed by atoms with Crippen molar-refractivity contribution in [2.45, 2.75) is 115 Å². The lowest BCUT2D eigenvalue weighted by Gasteiger charge is -2.26. The third-order valence-corrected chi connectivity index (χ3v) is 10.7. The number of hydrogen-bond acceptors (Lipinski definition) is 4. The van der Waals surface area contributed by atoms with Crippen molar-refractivity contribution in [2.75, 3.05) is 0 Å². The first-order chi connectivity index (χ1) is 20.1. The summed E-state index contributed by atoms with van der Waals surface area (Å²) in [6.45, 7) is 26.7. The van der Waals surface area contributed by atoms with Crippen molar-refractivity contribution >= 4 is 47.2 Å². The lowest BCUT2D eigenvalue weighted by atomic mass is 9.79. The SMILES string of the molecule is CC(C)(C)c1cc(/C=C2\Sc3c(ccc4c3C(=O)/C(=C/c3cc(C(C)(C)C)cc(C(C)(C)C)c3)S4)C2=O)cc(C(C)(C)C)c1. The Morgan fingerprint density at radius 1 is 0.500 bits per heavy atom. The van der Waals surface area contributed by atoms with E-state index < -0.39 is 0 Å². The molecule has 230 valence electrons. The Balaban J connectivity index is 1.53. The topological polar surface area (TPSA) is 34.1 Å². The Morgan fingerprint density at radius 2 is 0.886 bits per heavy atom. The normalized spacial score (nSPS) is 17.5. The van der Waals surface area contributed by atoms with Gasteiger partial charge in [0.2, 0.25) is 11.6 Å². The average Bonchev–Trinajstić information content (AvgIpc) is 3.37. The van der Waals surface area contributed by atoms with Crippen LogP contribution in [-0.2, 0) is 21.7 Å². The first kappa shape index (κ1) is 32.6. The lowest BCUT2D eigenvalue weighted by molar-refractivity contribution is 0.104. The molecule has 44 heavy (non-hydrogen) atoms. The molecule has 0 spiro atoms. The summed E-state index contributed by atoms with van der Waals surface area (Å²) in [6.07, 6.45) is 4.05. The van der Waals surface area contributed by atoms with Crippen LogP contribution >= 0.6 is 23.5 Å². The first-order valence-corrected chi connectivity index (χ1v) is 17.1. The van der Waals surface area contributed by atoms with Crippen molar-refractivity contribution in [3.05, 3.63) is 103 Å². The van der Waals surface area contributed by atoms with Gasteiger partial charge in [-0.25, -0.2) is 0 Å². The van der Waals surface area contributed by atoms with Crippen LogP contribution in [0.4, 0.5) is 0 Å². The summed E-state index contributed by atoms with van der Waals surface area (Å²) in [4.78, 5) is 30.8. The van der Waals surface area contributed by atoms with Crippen molar-refractivity contribution in [3.63, 3.8) is 0 Å². The Morgan fingerprint density at radius 3 is 1.27 bits per heavy atom. The highest BCUT2D eigenvalue weighted by Gasteiger charge is 2.37. The van der Waals surface area contributed by atoms with E-state index in [1.807, 2.05) is 24.3 Å². The van der Waals surface area contributed by atoms with Crippen LogP contribution in [0.25, 0.3) is 12.2 Å². The van der Waals surface area contributed by atoms with E-state index in [2.05, 4.69) is 119 Å². The van der Waals surface area contributed by atoms with Crippen molar-refractivity contribution in [1.82, 2.24) is 0 Å². The fraction of sp³-hybridized carbons (Fsp3) is 0.400. The summed E-state index contributed by atoms with van der Waals surface area (Å²) in [5, 5.41) is 0. The molecule has 0 amide bonds. The Bertz CT molecular complexity index is 1690. The van der Waals surface area contributed by atoms with E-state index in [4.69, 9.17) is 0 Å². The maximum Gasteiger partial charge on any atom is 0.202 e. The van der Waals surface area contributed by atoms with Gasteiger partial charge in [-0.3, -0.25) is 9.59 Å². The Hall–Kier alpha value is -2.82. The molecule has 0 radical (unpaired) electrons. The molecule has 2 aliphatic heterocycles. The third kappa shape index (κ3) is 6.44. The van der Waals surface area contributed by atoms with Crippen LogP contribution in [0.15, 0.2) is 68.1 Å². The summed E-state index contributed by atoms with van der Waals surface area (Å²) in [5.41, 5.74) is 8.32. The maximum atomic E-state index is 14.0. The van der Waals surface area contributed by atoms with Gasteiger partial charge in [0.15, 0.2) is 0 Å². The second-order valence-corrected chi connectivity index (χ2v) is 18.5. The van der Waals surface area contributed by atoms with Gasteiger partial charge in [-0.05, 0) is 79.3 Å². The molecule has 4 heteroatoms. The highest BCUT2D eigenvalue weighted by Crippen LogP contribution is 2.51. The van der Waals surface area contributed by atoms with Gasteiger partial charge in [-0.1, -0.05) is 143 Å². The second-order valence-electron chi connectivity index (χ2n) is 16.4. The number of Topliss-reactive ketones (excluding diaryl/α,β-unsaturated/α-hetero) is 2. The van der Waals surface area contributed by atoms with Crippen molar-refractivity contribution in [3.8, 4) is 0 Å². The summed E-state index contributed by atoms with van der Waals surface area (Å²) < 4.78 is 0. The largest absolute Gasteiger partial charge is 0.288 e. The zero-order valence-electron chi connectivity index (χ0n) is 28.4. The van der Waals surface area contributed by atoms with Gasteiger partial charge in [0, 0.05) is 15.4 Å². The van der Waals surface area contributed by atoms with Crippen molar-refractivity contribution in [1.29, 1.82) is 0 Å². The molecule has 0 saturated carbocycles. The predicted octanol–water partition coefficient (Wildman–Crippen LogP) is 11.5. The van der Waals surface area contributed by atoms with Gasteiger partial charge in [0.25, 0.3) is 0 Å². The molecule has 3 aromatic rings. The van der Waals surface area contributed by atoms with Gasteiger partial charge < -0.3 is 0 Å². The first-order valence-electron chi connectivity index (χ1n) is 15.5. The highest BCUT2D eigenvalue weighted by molar-refractivity contribution is 8.06. The quantitative estimate of drug-likeness (QED) is 0.266. The number of hydrogen-bond donors (Lipinski definition) is 0. The molecule has 0 aromatic heterocycles. The van der Waals surface area contributed by atoms with E-state index in [9.17, 15) is 9.59 Å². The Labute approximate surface area is 273 Å². The standard InChI is InChI=1S/C40H46O2S2/c1-37(2,3)25-15-23(16-26(21-25)38(4,5)6)19-31-34(41)29-13-14-30-33(36(29)44-31)35(42)32(43-30)20-24-17-27(39(7,8)9)22-28(18-24)40(10,11)12/h13-22H,1-12H3/b31-19-,32-20-. The zero-order chi connectivity index (χ0) is 32.6. The number of rotatable bonds is 2. The van der Waals surface area contributed by atoms with Crippen LogP contribution in [0.1, 0.15) is 137 Å². The number of benzene rings is 3. The molecule has 2 heterocycles. The number of carbonyl (C=O) groups is 2. The number of allylic oxidation sites excluding steroid dienone is 2. The minimum atomic E-state index is -0.0163. The van der Waals surface area contributed by atoms with Gasteiger partial charge in [0.1, 0.15) is 0 Å². The van der Waals surface area contributed by atoms with E-state index in [1.54, 1.807) is 0 Å². The molecule has 0 unspecified atom stereocenters. The molecule has 0 saturated heterocycles. The molecule has 0 bridgehead atoms. The molecule has 0 N–H and O–H groups in total. The molecule has 0 fully saturated rings. The molecular weight excluding hydrogens is 577 g/mol. The van der Waals surface area contributed by atoms with E-state index in [1.165, 1.54) is 45.8 Å². The van der Waals surface area contributed by atoms with Gasteiger partial charge >= 0.3 is 0 Å². The molecule has 3 aromatic carbocycles. The molecule has 5 rings (SSSR count). The number of thioether (sulfide) groups is 2. The van der Waals surface area contributed by atoms with E-state index >= 15 is 0 Å². The molecule has 2 nitrogen and oxygen atoms in total. The minimum Gasteiger partial charge on any atom is -0.288 e. The van der Waals surface area contributed by atoms with Crippen LogP contribution in [-0.4, -0.2) is 11.6 Å². The number of fused-ring (bicyclic) bond motifs is 3. The molecule has 0 aliphatic carbocycles. The van der Waals surface area contributed by atoms with E-state index in [-0.39, 0.29) is 33.2 Å². The van der Waals surface area contributed by atoms with Crippen LogP contribution in [0, 0.1) is 0 Å². The monoisotopic (exact) mass is 622 g/mol. The fourth-order valence-electron chi connectivity index (χ4n) is 5.42. The molecule has 0 atom stereocenters.